The number of carbonyl (C=O) groups excluding carboxylic acids is 1. The monoisotopic (exact) mass is 631 g/mol. The Labute approximate surface area is 258 Å². The molecule has 0 radical (unpaired) electrons. The molecular weight excluding hydrogens is 601 g/mol. The number of rotatable bonds is 9. The van der Waals surface area contributed by atoms with Crippen molar-refractivity contribution in [1.82, 2.24) is 15.3 Å². The van der Waals surface area contributed by atoms with E-state index in [0.29, 0.717) is 44.9 Å². The number of aliphatic imine (C=N–C) groups is 2. The number of hydrogen-bond donors (Lipinski definition) is 3. The lowest BCUT2D eigenvalue weighted by molar-refractivity contribution is 0.0964. The van der Waals surface area contributed by atoms with Gasteiger partial charge in [-0.3, -0.25) is 14.1 Å². The van der Waals surface area contributed by atoms with Gasteiger partial charge < -0.3 is 25.2 Å². The number of fused-ring (bicyclic) bond motifs is 1. The second kappa shape index (κ2) is 11.9. The number of furan rings is 1. The van der Waals surface area contributed by atoms with Crippen LogP contribution >= 0.6 is 0 Å². The van der Waals surface area contributed by atoms with Gasteiger partial charge in [0.15, 0.2) is 5.82 Å². The fraction of sp³-hybridized carbons (Fsp3) is 0.161. The Bertz CT molecular complexity index is 2100. The number of sulfonamides is 1. The van der Waals surface area contributed by atoms with Crippen molar-refractivity contribution in [2.24, 2.45) is 15.7 Å². The maximum Gasteiger partial charge on any atom is 0.255 e. The van der Waals surface area contributed by atoms with Gasteiger partial charge in [-0.25, -0.2) is 22.8 Å². The molecule has 12 nitrogen and oxygen atoms in total. The molecule has 232 valence electrons. The second-order valence-corrected chi connectivity index (χ2v) is 12.0. The zero-order valence-electron chi connectivity index (χ0n) is 25.1. The van der Waals surface area contributed by atoms with Gasteiger partial charge in [0.2, 0.25) is 10.0 Å². The van der Waals surface area contributed by atoms with Crippen molar-refractivity contribution in [3.8, 4) is 39.6 Å². The number of anilines is 1. The number of nitrogens with two attached hydrogens (primary N) is 1. The molecule has 2 heterocycles. The molecule has 0 aliphatic carbocycles. The summed E-state index contributed by atoms with van der Waals surface area (Å²) in [7, 11) is 2.19. The molecule has 0 spiro atoms. The Kier molecular flexibility index (Phi) is 8.17. The molecule has 4 N–H and O–H groups in total. The molecule has 0 saturated carbocycles. The van der Waals surface area contributed by atoms with Crippen molar-refractivity contribution in [2.75, 3.05) is 38.8 Å². The fourth-order valence-electron chi connectivity index (χ4n) is 4.91. The first-order valence-corrected chi connectivity index (χ1v) is 15.3. The predicted octanol–water partition coefficient (Wildman–Crippen LogP) is 4.73. The minimum Gasteiger partial charge on any atom is -0.496 e. The van der Waals surface area contributed by atoms with Gasteiger partial charge in [0.05, 0.1) is 30.2 Å². The molecule has 14 heteroatoms. The third-order valence-electron chi connectivity index (χ3n) is 7.30. The zero-order chi connectivity index (χ0) is 32.6. The second-order valence-electron chi connectivity index (χ2n) is 9.95. The number of methoxy groups -OCH3 is 1. The number of aromatic amines is 1. The molecule has 0 atom stereocenters. The molecule has 2 aromatic heterocycles. The van der Waals surface area contributed by atoms with E-state index in [4.69, 9.17) is 14.9 Å². The van der Waals surface area contributed by atoms with Gasteiger partial charge in [0, 0.05) is 43.7 Å². The topological polar surface area (TPSA) is 168 Å². The number of benzene rings is 3. The molecule has 5 aromatic rings. The summed E-state index contributed by atoms with van der Waals surface area (Å²) in [6.07, 6.45) is 1.08. The normalized spacial score (nSPS) is 11.9. The Hall–Kier alpha value is -5.50. The number of aromatic nitrogens is 2. The largest absolute Gasteiger partial charge is 0.496 e. The molecule has 0 unspecified atom stereocenters. The smallest absolute Gasteiger partial charge is 0.255 e. The average molecular weight is 632 g/mol. The lowest BCUT2D eigenvalue weighted by Gasteiger charge is -2.21. The van der Waals surface area contributed by atoms with Gasteiger partial charge in [0.1, 0.15) is 40.3 Å². The number of amides is 1. The SMILES string of the molecule is C=Nc1nc(-c2cc(-c3cc4c(C(=O)NC)c(-c5ccc(F)cc5)oc4cc3N(C)S(C)(=O)=O)ccc2OC)[nH]c1C(N)=NC. The molecule has 5 rings (SSSR count). The number of nitrogens with zero attached hydrogens (tertiary/aromatic N) is 4. The fourth-order valence-corrected chi connectivity index (χ4v) is 5.42. The van der Waals surface area contributed by atoms with Crippen LogP contribution in [0, 0.1) is 5.82 Å². The average Bonchev–Trinajstić information content (AvgIpc) is 3.64. The van der Waals surface area contributed by atoms with E-state index in [0.717, 1.165) is 10.6 Å². The zero-order valence-corrected chi connectivity index (χ0v) is 25.9. The highest BCUT2D eigenvalue weighted by Gasteiger charge is 2.27. The van der Waals surface area contributed by atoms with Crippen LogP contribution in [0.3, 0.4) is 0 Å². The first kappa shape index (κ1) is 30.9. The molecule has 0 bridgehead atoms. The van der Waals surface area contributed by atoms with Gasteiger partial charge in [-0.2, -0.15) is 0 Å². The number of hydrogen-bond acceptors (Lipinski definition) is 8. The number of H-pyrrole nitrogens is 1. The van der Waals surface area contributed by atoms with Crippen LogP contribution in [0.15, 0.2) is 69.0 Å². The molecule has 45 heavy (non-hydrogen) atoms. The van der Waals surface area contributed by atoms with E-state index in [9.17, 15) is 17.6 Å². The molecule has 0 fully saturated rings. The van der Waals surface area contributed by atoms with Gasteiger partial charge in [-0.05, 0) is 54.7 Å². The quantitative estimate of drug-likeness (QED) is 0.156. The number of nitrogens with one attached hydrogen (secondary N) is 2. The predicted molar refractivity (Wildman–Crippen MR) is 174 cm³/mol. The van der Waals surface area contributed by atoms with Crippen molar-refractivity contribution in [2.45, 2.75) is 0 Å². The first-order valence-electron chi connectivity index (χ1n) is 13.4. The Balaban J connectivity index is 1.82. The lowest BCUT2D eigenvalue weighted by Crippen LogP contribution is -2.25. The molecular formula is C31H30FN7O5S. The van der Waals surface area contributed by atoms with Crippen LogP contribution in [0.2, 0.25) is 0 Å². The summed E-state index contributed by atoms with van der Waals surface area (Å²) in [4.78, 5) is 28.8. The minimum absolute atomic E-state index is 0.174. The Morgan fingerprint density at radius 1 is 1.13 bits per heavy atom. The molecule has 1 amide bonds. The van der Waals surface area contributed by atoms with Crippen molar-refractivity contribution < 1.29 is 26.8 Å². The maximum atomic E-state index is 13.7. The van der Waals surface area contributed by atoms with Crippen molar-refractivity contribution in [3.05, 3.63) is 71.7 Å². The molecule has 3 aromatic carbocycles. The van der Waals surface area contributed by atoms with Gasteiger partial charge >= 0.3 is 0 Å². The van der Waals surface area contributed by atoms with E-state index < -0.39 is 21.7 Å². The summed E-state index contributed by atoms with van der Waals surface area (Å²) in [5.41, 5.74) is 9.14. The van der Waals surface area contributed by atoms with E-state index in [-0.39, 0.29) is 34.2 Å². The summed E-state index contributed by atoms with van der Waals surface area (Å²) >= 11 is 0. The van der Waals surface area contributed by atoms with Crippen LogP contribution in [0.4, 0.5) is 15.9 Å². The Morgan fingerprint density at radius 3 is 2.42 bits per heavy atom. The summed E-state index contributed by atoms with van der Waals surface area (Å²) in [6, 6.07) is 14.0. The van der Waals surface area contributed by atoms with Crippen LogP contribution in [0.5, 0.6) is 5.75 Å². The van der Waals surface area contributed by atoms with Crippen molar-refractivity contribution in [3.63, 3.8) is 0 Å². The van der Waals surface area contributed by atoms with Crippen molar-refractivity contribution in [1.29, 1.82) is 0 Å². The molecule has 0 saturated heterocycles. The van der Waals surface area contributed by atoms with E-state index in [1.165, 1.54) is 52.5 Å². The highest BCUT2D eigenvalue weighted by Crippen LogP contribution is 2.43. The maximum absolute atomic E-state index is 13.7. The summed E-state index contributed by atoms with van der Waals surface area (Å²) in [5, 5.41) is 3.05. The van der Waals surface area contributed by atoms with E-state index in [2.05, 4.69) is 32.0 Å². The number of amidine groups is 1. The van der Waals surface area contributed by atoms with Crippen LogP contribution in [-0.2, 0) is 10.0 Å². The minimum atomic E-state index is -3.75. The standard InChI is InChI=1S/C31H30FN7O5S/c1-34-28(33)26-30(35-2)38-29(37-26)21-13-17(9-12-23(21)43-5)19-14-20-24(15-22(19)39(4)45(6,41)42)44-27(25(20)31(40)36-3)16-7-10-18(32)11-8-16/h7-15H,2H2,1,3-6H3,(H2,33,34)(H,36,40)(H,37,38). The van der Waals surface area contributed by atoms with Gasteiger partial charge in [0.25, 0.3) is 5.91 Å². The third kappa shape index (κ3) is 5.62. The van der Waals surface area contributed by atoms with Crippen LogP contribution in [0.25, 0.3) is 44.8 Å². The number of imidazole rings is 1. The van der Waals surface area contributed by atoms with Crippen molar-refractivity contribution >= 4 is 51.0 Å². The highest BCUT2D eigenvalue weighted by atomic mass is 32.2. The summed E-state index contributed by atoms with van der Waals surface area (Å²) in [6.45, 7) is 3.57. The number of ether oxygens (including phenoxy) is 1. The highest BCUT2D eigenvalue weighted by molar-refractivity contribution is 7.92. The summed E-state index contributed by atoms with van der Waals surface area (Å²) < 4.78 is 52.2. The lowest BCUT2D eigenvalue weighted by atomic mass is 9.97. The van der Waals surface area contributed by atoms with Crippen LogP contribution in [-0.4, -0.2) is 71.4 Å². The Morgan fingerprint density at radius 2 is 1.82 bits per heavy atom. The van der Waals surface area contributed by atoms with Gasteiger partial charge in [-0.1, -0.05) is 6.07 Å². The number of carbonyl (C=O) groups is 1. The van der Waals surface area contributed by atoms with Crippen LogP contribution in [0.1, 0.15) is 16.1 Å². The van der Waals surface area contributed by atoms with E-state index >= 15 is 0 Å². The first-order chi connectivity index (χ1) is 21.4. The van der Waals surface area contributed by atoms with E-state index in [1.807, 2.05) is 0 Å². The van der Waals surface area contributed by atoms with Gasteiger partial charge in [-0.15, -0.1) is 0 Å². The van der Waals surface area contributed by atoms with Crippen LogP contribution < -0.4 is 20.1 Å². The van der Waals surface area contributed by atoms with E-state index in [1.54, 1.807) is 30.3 Å². The third-order valence-corrected chi connectivity index (χ3v) is 8.49. The summed E-state index contributed by atoms with van der Waals surface area (Å²) in [5.74, 6) is 0.525. The number of halogens is 1. The molecule has 0 aliphatic heterocycles. The molecule has 0 aliphatic rings.